The van der Waals surface area contributed by atoms with Gasteiger partial charge in [0, 0.05) is 13.6 Å². The minimum Gasteiger partial charge on any atom is -0.370 e. The number of nitrogens with zero attached hydrogens (tertiary/aromatic N) is 4. The Bertz CT molecular complexity index is 601. The number of aryl methyl sites for hydroxylation is 3. The molecular weight excluding hydrogens is 262 g/mol. The van der Waals surface area contributed by atoms with Crippen molar-refractivity contribution in [2.24, 2.45) is 7.05 Å². The molecular formula is C12H17N5OS. The Morgan fingerprint density at radius 1 is 1.37 bits per heavy atom. The van der Waals surface area contributed by atoms with E-state index in [-0.39, 0.29) is 5.78 Å². The fourth-order valence-electron chi connectivity index (χ4n) is 1.93. The monoisotopic (exact) mass is 279 g/mol. The Morgan fingerprint density at radius 3 is 2.68 bits per heavy atom. The van der Waals surface area contributed by atoms with Crippen LogP contribution in [0, 0.1) is 13.8 Å². The Morgan fingerprint density at radius 2 is 2.11 bits per heavy atom. The average molecular weight is 279 g/mol. The molecule has 0 saturated heterocycles. The summed E-state index contributed by atoms with van der Waals surface area (Å²) in [6, 6.07) is 0. The number of carbonyl (C=O) groups excluding carboxylic acids is 1. The molecule has 0 aromatic carbocycles. The van der Waals surface area contributed by atoms with Crippen LogP contribution in [0.3, 0.4) is 0 Å². The first-order chi connectivity index (χ1) is 9.06. The second-order valence-electron chi connectivity index (χ2n) is 4.38. The smallest absolute Gasteiger partial charge is 0.212 e. The van der Waals surface area contributed by atoms with Gasteiger partial charge < -0.3 is 5.32 Å². The van der Waals surface area contributed by atoms with Crippen LogP contribution in [-0.4, -0.2) is 31.7 Å². The van der Waals surface area contributed by atoms with Crippen molar-refractivity contribution in [1.29, 1.82) is 0 Å². The predicted molar refractivity (Wildman–Crippen MR) is 74.8 cm³/mol. The van der Waals surface area contributed by atoms with Crippen LogP contribution in [-0.2, 0) is 7.05 Å². The van der Waals surface area contributed by atoms with Gasteiger partial charge in [-0.3, -0.25) is 9.48 Å². The molecule has 0 spiro atoms. The second kappa shape index (κ2) is 5.48. The van der Waals surface area contributed by atoms with Crippen LogP contribution >= 0.6 is 11.5 Å². The minimum atomic E-state index is -0.0586. The molecule has 2 aromatic heterocycles. The van der Waals surface area contributed by atoms with E-state index in [1.54, 1.807) is 11.6 Å². The van der Waals surface area contributed by atoms with E-state index in [1.165, 1.54) is 0 Å². The summed E-state index contributed by atoms with van der Waals surface area (Å²) in [7, 11) is 1.83. The molecule has 102 valence electrons. The summed E-state index contributed by atoms with van der Waals surface area (Å²) in [6.45, 7) is 6.52. The summed E-state index contributed by atoms with van der Waals surface area (Å²) < 4.78 is 5.53. The minimum absolute atomic E-state index is 0.0586. The molecule has 0 aliphatic carbocycles. The van der Waals surface area contributed by atoms with Crippen molar-refractivity contribution in [3.8, 4) is 0 Å². The Kier molecular flexibility index (Phi) is 3.94. The van der Waals surface area contributed by atoms with Gasteiger partial charge in [-0.25, -0.2) is 0 Å². The van der Waals surface area contributed by atoms with Crippen LogP contribution in [0.15, 0.2) is 0 Å². The van der Waals surface area contributed by atoms with Gasteiger partial charge in [-0.1, -0.05) is 11.4 Å². The van der Waals surface area contributed by atoms with Crippen LogP contribution < -0.4 is 5.32 Å². The highest BCUT2D eigenvalue weighted by atomic mass is 32.1. The van der Waals surface area contributed by atoms with Crippen LogP contribution in [0.25, 0.3) is 0 Å². The number of aromatic nitrogens is 4. The van der Waals surface area contributed by atoms with Gasteiger partial charge in [-0.2, -0.15) is 5.10 Å². The number of nitrogens with one attached hydrogen (secondary N) is 1. The largest absolute Gasteiger partial charge is 0.370 e. The first kappa shape index (κ1) is 13.7. The van der Waals surface area contributed by atoms with Gasteiger partial charge in [0.2, 0.25) is 5.78 Å². The Balaban J connectivity index is 2.44. The molecule has 0 fully saturated rings. The molecule has 0 unspecified atom stereocenters. The first-order valence-corrected chi connectivity index (χ1v) is 6.94. The number of ketones is 1. The summed E-state index contributed by atoms with van der Waals surface area (Å²) in [4.78, 5) is 13.2. The predicted octanol–water partition coefficient (Wildman–Crippen LogP) is 1.94. The van der Waals surface area contributed by atoms with Gasteiger partial charge in [0.1, 0.15) is 10.7 Å². The molecule has 0 saturated carbocycles. The van der Waals surface area contributed by atoms with E-state index in [0.29, 0.717) is 16.1 Å². The summed E-state index contributed by atoms with van der Waals surface area (Å²) in [5.74, 6) is 0.703. The van der Waals surface area contributed by atoms with Gasteiger partial charge in [-0.05, 0) is 31.8 Å². The van der Waals surface area contributed by atoms with Crippen molar-refractivity contribution >= 4 is 23.1 Å². The van der Waals surface area contributed by atoms with Crippen LogP contribution in [0.1, 0.15) is 40.0 Å². The third-order valence-electron chi connectivity index (χ3n) is 2.85. The molecule has 2 heterocycles. The van der Waals surface area contributed by atoms with E-state index in [0.717, 1.165) is 36.0 Å². The van der Waals surface area contributed by atoms with E-state index >= 15 is 0 Å². The summed E-state index contributed by atoms with van der Waals surface area (Å²) in [6.07, 6.45) is 0.985. The lowest BCUT2D eigenvalue weighted by Crippen LogP contribution is -2.10. The van der Waals surface area contributed by atoms with Gasteiger partial charge in [-0.15, -0.1) is 5.10 Å². The highest BCUT2D eigenvalue weighted by Crippen LogP contribution is 2.24. The van der Waals surface area contributed by atoms with E-state index in [9.17, 15) is 4.79 Å². The van der Waals surface area contributed by atoms with Crippen molar-refractivity contribution in [3.63, 3.8) is 0 Å². The molecule has 0 aliphatic rings. The van der Waals surface area contributed by atoms with Crippen molar-refractivity contribution in [1.82, 2.24) is 19.4 Å². The normalized spacial score (nSPS) is 10.7. The van der Waals surface area contributed by atoms with Gasteiger partial charge in [0.25, 0.3) is 0 Å². The van der Waals surface area contributed by atoms with E-state index < -0.39 is 0 Å². The van der Waals surface area contributed by atoms with Crippen molar-refractivity contribution in [2.45, 2.75) is 27.2 Å². The Hall–Kier alpha value is -1.76. The molecule has 6 nitrogen and oxygen atoms in total. The van der Waals surface area contributed by atoms with Crippen LogP contribution in [0.2, 0.25) is 0 Å². The highest BCUT2D eigenvalue weighted by Gasteiger charge is 2.24. The van der Waals surface area contributed by atoms with Crippen LogP contribution in [0.4, 0.5) is 5.82 Å². The van der Waals surface area contributed by atoms with E-state index in [1.807, 2.05) is 14.0 Å². The number of hydrogen-bond acceptors (Lipinski definition) is 6. The topological polar surface area (TPSA) is 72.7 Å². The molecule has 7 heteroatoms. The van der Waals surface area contributed by atoms with E-state index in [4.69, 9.17) is 0 Å². The first-order valence-electron chi connectivity index (χ1n) is 6.17. The third kappa shape index (κ3) is 2.51. The average Bonchev–Trinajstić information content (AvgIpc) is 2.90. The van der Waals surface area contributed by atoms with Gasteiger partial charge in [0.05, 0.1) is 17.0 Å². The van der Waals surface area contributed by atoms with Gasteiger partial charge >= 0.3 is 0 Å². The maximum atomic E-state index is 12.6. The lowest BCUT2D eigenvalue weighted by Gasteiger charge is -2.07. The SMILES string of the molecule is CCCNc1c(C(=O)c2snnc2C)c(C)nn1C. The summed E-state index contributed by atoms with van der Waals surface area (Å²) >= 11 is 1.13. The zero-order valence-electron chi connectivity index (χ0n) is 11.5. The second-order valence-corrected chi connectivity index (χ2v) is 5.13. The van der Waals surface area contributed by atoms with Crippen molar-refractivity contribution in [3.05, 3.63) is 21.8 Å². The van der Waals surface area contributed by atoms with Gasteiger partial charge in [0.15, 0.2) is 0 Å². The number of rotatable bonds is 5. The van der Waals surface area contributed by atoms with Crippen molar-refractivity contribution < 1.29 is 4.79 Å². The Labute approximate surface area is 116 Å². The maximum Gasteiger partial charge on any atom is 0.212 e. The highest BCUT2D eigenvalue weighted by molar-refractivity contribution is 7.08. The molecule has 2 aromatic rings. The maximum absolute atomic E-state index is 12.6. The lowest BCUT2D eigenvalue weighted by atomic mass is 10.1. The van der Waals surface area contributed by atoms with Crippen LogP contribution in [0.5, 0.6) is 0 Å². The molecule has 1 N–H and O–H groups in total. The molecule has 19 heavy (non-hydrogen) atoms. The molecule has 0 radical (unpaired) electrons. The number of carbonyl (C=O) groups is 1. The quantitative estimate of drug-likeness (QED) is 0.847. The number of hydrogen-bond donors (Lipinski definition) is 1. The zero-order valence-corrected chi connectivity index (χ0v) is 12.3. The number of anilines is 1. The summed E-state index contributed by atoms with van der Waals surface area (Å²) in [5, 5.41) is 11.5. The molecule has 0 amide bonds. The fraction of sp³-hybridized carbons (Fsp3) is 0.500. The molecule has 2 rings (SSSR count). The standard InChI is InChI=1S/C12H17N5OS/c1-5-6-13-12-9(7(2)15-17(12)4)10(18)11-8(3)14-16-19-11/h13H,5-6H2,1-4H3. The molecule has 0 aliphatic heterocycles. The summed E-state index contributed by atoms with van der Waals surface area (Å²) in [5.41, 5.74) is 2.00. The zero-order chi connectivity index (χ0) is 14.0. The lowest BCUT2D eigenvalue weighted by molar-refractivity contribution is 0.104. The third-order valence-corrected chi connectivity index (χ3v) is 3.68. The fourth-order valence-corrected chi connectivity index (χ4v) is 2.53. The molecule has 0 bridgehead atoms. The van der Waals surface area contributed by atoms with Crippen molar-refractivity contribution in [2.75, 3.05) is 11.9 Å². The molecule has 0 atom stereocenters. The van der Waals surface area contributed by atoms with E-state index in [2.05, 4.69) is 26.9 Å².